The van der Waals surface area contributed by atoms with E-state index in [-0.39, 0.29) is 40.6 Å². The van der Waals surface area contributed by atoms with Crippen LogP contribution in [0.15, 0.2) is 141 Å². The van der Waals surface area contributed by atoms with Crippen LogP contribution in [0.1, 0.15) is 0 Å². The molecular weight excluding hydrogens is 704 g/mol. The maximum Gasteiger partial charge on any atom is 4.00 e. The van der Waals surface area contributed by atoms with E-state index in [1.807, 2.05) is 0 Å². The van der Waals surface area contributed by atoms with E-state index in [1.54, 1.807) is 24.3 Å². The van der Waals surface area contributed by atoms with E-state index in [0.717, 1.165) is 0 Å². The van der Waals surface area contributed by atoms with Gasteiger partial charge in [0.25, 0.3) is 0 Å². The van der Waals surface area contributed by atoms with E-state index in [0.29, 0.717) is 0 Å². The van der Waals surface area contributed by atoms with E-state index >= 15 is 0 Å². The smallest absolute Gasteiger partial charge is 0.744 e. The summed E-state index contributed by atoms with van der Waals surface area (Å²) in [6.45, 7) is 0. The molecule has 41 heavy (non-hydrogen) atoms. The maximum atomic E-state index is 10.3. The summed E-state index contributed by atoms with van der Waals surface area (Å²) in [5.41, 5.74) is 0. The SMILES string of the molecule is O=S(=O)([O-])c1ccccc1.O=S(=O)([O-])c1ccccc1.O=S(=O)([O-])c1ccccc1.O=S(=O)([O-])c1ccccc1.[Mo+4]. The second-order valence-electron chi connectivity index (χ2n) is 7.07. The number of hydrogen-bond donors (Lipinski definition) is 0. The summed E-state index contributed by atoms with van der Waals surface area (Å²) in [4.78, 5) is -0.741. The largest absolute Gasteiger partial charge is 4.00 e. The Morgan fingerprint density at radius 2 is 0.415 bits per heavy atom. The van der Waals surface area contributed by atoms with Crippen LogP contribution in [0.25, 0.3) is 0 Å². The van der Waals surface area contributed by atoms with Crippen LogP contribution in [0.5, 0.6) is 0 Å². The van der Waals surface area contributed by atoms with Crippen LogP contribution < -0.4 is 0 Å². The van der Waals surface area contributed by atoms with E-state index in [2.05, 4.69) is 0 Å². The zero-order valence-corrected chi connectivity index (χ0v) is 25.8. The third kappa shape index (κ3) is 16.3. The Balaban J connectivity index is 0.000000516. The maximum absolute atomic E-state index is 10.3. The molecule has 0 saturated heterocycles. The predicted molar refractivity (Wildman–Crippen MR) is 138 cm³/mol. The Morgan fingerprint density at radius 3 is 0.488 bits per heavy atom. The molecule has 0 unspecified atom stereocenters. The molecule has 4 rings (SSSR count). The van der Waals surface area contributed by atoms with Crippen molar-refractivity contribution in [1.29, 1.82) is 0 Å². The van der Waals surface area contributed by atoms with Crippen LogP contribution in [-0.2, 0) is 61.5 Å². The van der Waals surface area contributed by atoms with Crippen molar-refractivity contribution in [3.05, 3.63) is 121 Å². The van der Waals surface area contributed by atoms with E-state index in [9.17, 15) is 51.9 Å². The molecular formula is C24H20MoO12S4. The van der Waals surface area contributed by atoms with Crippen molar-refractivity contribution in [2.75, 3.05) is 0 Å². The first-order valence-corrected chi connectivity index (χ1v) is 16.1. The molecule has 0 spiro atoms. The van der Waals surface area contributed by atoms with Gasteiger partial charge in [-0.2, -0.15) is 0 Å². The molecule has 0 amide bonds. The first-order chi connectivity index (χ1) is 18.4. The fourth-order valence-electron chi connectivity index (χ4n) is 2.35. The normalized spacial score (nSPS) is 11.0. The molecule has 0 aromatic heterocycles. The molecule has 12 nitrogen and oxygen atoms in total. The van der Waals surface area contributed by atoms with E-state index in [1.165, 1.54) is 97.1 Å². The fraction of sp³-hybridized carbons (Fsp3) is 0. The third-order valence-electron chi connectivity index (χ3n) is 4.13. The molecule has 4 aromatic rings. The van der Waals surface area contributed by atoms with E-state index in [4.69, 9.17) is 0 Å². The van der Waals surface area contributed by atoms with Crippen LogP contribution in [0.2, 0.25) is 0 Å². The molecule has 0 aliphatic heterocycles. The summed E-state index contributed by atoms with van der Waals surface area (Å²) in [5.74, 6) is 0. The summed E-state index contributed by atoms with van der Waals surface area (Å²) >= 11 is 0. The van der Waals surface area contributed by atoms with Crippen LogP contribution in [0, 0.1) is 0 Å². The molecule has 17 heteroatoms. The van der Waals surface area contributed by atoms with Crippen LogP contribution in [0.4, 0.5) is 0 Å². The van der Waals surface area contributed by atoms with Gasteiger partial charge in [-0.15, -0.1) is 0 Å². The Kier molecular flexibility index (Phi) is 16.1. The zero-order valence-electron chi connectivity index (χ0n) is 20.5. The first kappa shape index (κ1) is 38.2. The minimum atomic E-state index is -4.25. The molecule has 4 aromatic carbocycles. The van der Waals surface area contributed by atoms with Gasteiger partial charge in [-0.05, 0) is 48.5 Å². The molecule has 0 fully saturated rings. The summed E-state index contributed by atoms with van der Waals surface area (Å²) in [6.07, 6.45) is 0. The molecule has 218 valence electrons. The van der Waals surface area contributed by atoms with Crippen LogP contribution in [-0.4, -0.2) is 51.9 Å². The van der Waals surface area contributed by atoms with Gasteiger partial charge in [0.1, 0.15) is 40.5 Å². The summed E-state index contributed by atoms with van der Waals surface area (Å²) in [5, 5.41) is 0. The topological polar surface area (TPSA) is 229 Å². The Hall–Kier alpha value is -2.79. The second-order valence-corrected chi connectivity index (χ2v) is 12.6. The predicted octanol–water partition coefficient (Wildman–Crippen LogP) is 2.36. The van der Waals surface area contributed by atoms with Gasteiger partial charge in [0.2, 0.25) is 0 Å². The molecule has 0 radical (unpaired) electrons. The first-order valence-electron chi connectivity index (χ1n) is 10.5. The molecule has 0 N–H and O–H groups in total. The average molecular weight is 725 g/mol. The fourth-order valence-corrected chi connectivity index (χ4v) is 4.31. The Morgan fingerprint density at radius 1 is 0.293 bits per heavy atom. The monoisotopic (exact) mass is 726 g/mol. The number of rotatable bonds is 4. The zero-order chi connectivity index (χ0) is 30.5. The molecule has 0 atom stereocenters. The van der Waals surface area contributed by atoms with Gasteiger partial charge in [0.15, 0.2) is 0 Å². The summed E-state index contributed by atoms with van der Waals surface area (Å²) in [6, 6.07) is 28.8. The van der Waals surface area contributed by atoms with Crippen molar-refractivity contribution < 1.29 is 72.9 Å². The van der Waals surface area contributed by atoms with Crippen molar-refractivity contribution in [2.45, 2.75) is 19.6 Å². The van der Waals surface area contributed by atoms with Gasteiger partial charge in [-0.1, -0.05) is 72.8 Å². The standard InChI is InChI=1S/4C6H6O3S.Mo/c4*7-10(8,9)6-4-2-1-3-5-6;/h4*1-5H,(H,7,8,9);/q;;;;+4/p-4. The molecule has 0 aliphatic rings. The van der Waals surface area contributed by atoms with Gasteiger partial charge in [-0.3, -0.25) is 0 Å². The minimum absolute atomic E-state index is 0. The van der Waals surface area contributed by atoms with Gasteiger partial charge >= 0.3 is 21.1 Å². The molecule has 0 bridgehead atoms. The summed E-state index contributed by atoms with van der Waals surface area (Å²) < 4.78 is 123. The van der Waals surface area contributed by atoms with Crippen molar-refractivity contribution in [1.82, 2.24) is 0 Å². The number of benzene rings is 4. The van der Waals surface area contributed by atoms with Gasteiger partial charge in [-0.25, -0.2) is 33.7 Å². The molecule has 0 aliphatic carbocycles. The van der Waals surface area contributed by atoms with Crippen molar-refractivity contribution >= 4 is 40.5 Å². The quantitative estimate of drug-likeness (QED) is 0.218. The summed E-state index contributed by atoms with van der Waals surface area (Å²) in [7, 11) is -17.0. The van der Waals surface area contributed by atoms with Gasteiger partial charge in [0.05, 0.1) is 19.6 Å². The number of hydrogen-bond acceptors (Lipinski definition) is 12. The minimum Gasteiger partial charge on any atom is -0.744 e. The van der Waals surface area contributed by atoms with Crippen LogP contribution in [0.3, 0.4) is 0 Å². The third-order valence-corrected chi connectivity index (χ3v) is 7.53. The Bertz CT molecular complexity index is 1480. The van der Waals surface area contributed by atoms with Crippen molar-refractivity contribution in [3.8, 4) is 0 Å². The van der Waals surface area contributed by atoms with Crippen molar-refractivity contribution in [2.24, 2.45) is 0 Å². The second kappa shape index (κ2) is 17.2. The Labute approximate surface area is 253 Å². The van der Waals surface area contributed by atoms with Gasteiger partial charge in [0, 0.05) is 0 Å². The van der Waals surface area contributed by atoms with Crippen molar-refractivity contribution in [3.63, 3.8) is 0 Å². The average Bonchev–Trinajstić information content (AvgIpc) is 2.90. The van der Waals surface area contributed by atoms with E-state index < -0.39 is 40.5 Å². The molecule has 0 heterocycles. The van der Waals surface area contributed by atoms with Crippen LogP contribution >= 0.6 is 0 Å². The molecule has 0 saturated carbocycles. The van der Waals surface area contributed by atoms with Gasteiger partial charge < -0.3 is 18.2 Å².